The van der Waals surface area contributed by atoms with Crippen molar-refractivity contribution < 1.29 is 4.57 Å². The van der Waals surface area contributed by atoms with Crippen LogP contribution in [0, 0.1) is 19.8 Å². The van der Waals surface area contributed by atoms with Crippen LogP contribution in [0.1, 0.15) is 30.5 Å². The van der Waals surface area contributed by atoms with Gasteiger partial charge >= 0.3 is 0 Å². The van der Waals surface area contributed by atoms with Crippen molar-refractivity contribution in [2.45, 2.75) is 34.1 Å². The molecule has 2 aromatic rings. The van der Waals surface area contributed by atoms with Crippen LogP contribution < -0.4 is 4.57 Å². The first-order chi connectivity index (χ1) is 8.99. The lowest BCUT2D eigenvalue weighted by Gasteiger charge is -2.10. The highest BCUT2D eigenvalue weighted by Gasteiger charge is 2.15. The molecule has 0 aliphatic rings. The molecule has 100 valence electrons. The summed E-state index contributed by atoms with van der Waals surface area (Å²) < 4.78 is 2.21. The van der Waals surface area contributed by atoms with Crippen LogP contribution in [0.3, 0.4) is 0 Å². The van der Waals surface area contributed by atoms with Crippen molar-refractivity contribution >= 4 is 0 Å². The Bertz CT molecular complexity index is 562. The molecule has 0 N–H and O–H groups in total. The van der Waals surface area contributed by atoms with Crippen LogP contribution in [0.15, 0.2) is 36.5 Å². The first-order valence-corrected chi connectivity index (χ1v) is 7.04. The number of benzene rings is 1. The van der Waals surface area contributed by atoms with Gasteiger partial charge in [-0.2, -0.15) is 0 Å². The van der Waals surface area contributed by atoms with E-state index in [0.717, 1.165) is 6.42 Å². The van der Waals surface area contributed by atoms with Gasteiger partial charge in [0, 0.05) is 17.2 Å². The number of hydrogen-bond donors (Lipinski definition) is 0. The molecule has 1 heteroatoms. The standard InChI is InChI=1S/C18H24N/c1-13(2)11-16-8-9-17(15(4)12-16)18-14(3)7-6-10-19(18)5/h6-10,12-13H,11H2,1-5H3/q+1. The minimum Gasteiger partial charge on any atom is -0.201 e. The summed E-state index contributed by atoms with van der Waals surface area (Å²) in [6.07, 6.45) is 3.27. The number of rotatable bonds is 3. The normalized spacial score (nSPS) is 11.1. The molecule has 0 bridgehead atoms. The smallest absolute Gasteiger partial charge is 0.201 e. The van der Waals surface area contributed by atoms with E-state index < -0.39 is 0 Å². The molecule has 0 amide bonds. The molecule has 2 rings (SSSR count). The fourth-order valence-electron chi connectivity index (χ4n) is 2.74. The SMILES string of the molecule is Cc1cc(CC(C)C)ccc1-c1c(C)ccc[n+]1C. The van der Waals surface area contributed by atoms with Crippen molar-refractivity contribution in [3.05, 3.63) is 53.2 Å². The van der Waals surface area contributed by atoms with Gasteiger partial charge in [-0.15, -0.1) is 0 Å². The number of hydrogen-bond acceptors (Lipinski definition) is 0. The third-order valence-electron chi connectivity index (χ3n) is 3.57. The second-order valence-electron chi connectivity index (χ2n) is 5.90. The van der Waals surface area contributed by atoms with Crippen LogP contribution in [-0.2, 0) is 13.5 Å². The first-order valence-electron chi connectivity index (χ1n) is 7.04. The van der Waals surface area contributed by atoms with Crippen LogP contribution in [0.4, 0.5) is 0 Å². The van der Waals surface area contributed by atoms with Gasteiger partial charge in [0.05, 0.1) is 0 Å². The fourth-order valence-corrected chi connectivity index (χ4v) is 2.74. The average Bonchev–Trinajstić information content (AvgIpc) is 2.30. The van der Waals surface area contributed by atoms with Gasteiger partial charge in [0.2, 0.25) is 5.69 Å². The van der Waals surface area contributed by atoms with Crippen molar-refractivity contribution in [1.82, 2.24) is 0 Å². The Hall–Kier alpha value is -1.63. The van der Waals surface area contributed by atoms with E-state index in [2.05, 4.69) is 75.8 Å². The molecule has 1 aromatic carbocycles. The highest BCUT2D eigenvalue weighted by atomic mass is 14.9. The summed E-state index contributed by atoms with van der Waals surface area (Å²) in [5.41, 5.74) is 6.78. The number of pyridine rings is 1. The second-order valence-corrected chi connectivity index (χ2v) is 5.90. The van der Waals surface area contributed by atoms with Gasteiger partial charge in [-0.3, -0.25) is 0 Å². The summed E-state index contributed by atoms with van der Waals surface area (Å²) in [5.74, 6) is 0.708. The zero-order valence-corrected chi connectivity index (χ0v) is 12.7. The molecular formula is C18H24N+. The predicted octanol–water partition coefficient (Wildman–Crippen LogP) is 3.99. The predicted molar refractivity (Wildman–Crippen MR) is 81.1 cm³/mol. The van der Waals surface area contributed by atoms with Gasteiger partial charge in [-0.1, -0.05) is 26.0 Å². The van der Waals surface area contributed by atoms with Crippen molar-refractivity contribution in [3.63, 3.8) is 0 Å². The fraction of sp³-hybridized carbons (Fsp3) is 0.389. The van der Waals surface area contributed by atoms with Gasteiger partial charge in [0.15, 0.2) is 6.20 Å². The van der Waals surface area contributed by atoms with Gasteiger partial charge < -0.3 is 0 Å². The maximum atomic E-state index is 2.34. The van der Waals surface area contributed by atoms with E-state index >= 15 is 0 Å². The number of aromatic nitrogens is 1. The van der Waals surface area contributed by atoms with Crippen molar-refractivity contribution in [1.29, 1.82) is 0 Å². The van der Waals surface area contributed by atoms with Gasteiger partial charge in [-0.25, -0.2) is 4.57 Å². The number of nitrogens with zero attached hydrogens (tertiary/aromatic N) is 1. The van der Waals surface area contributed by atoms with E-state index in [-0.39, 0.29) is 0 Å². The lowest BCUT2D eigenvalue weighted by Crippen LogP contribution is -2.31. The van der Waals surface area contributed by atoms with E-state index in [4.69, 9.17) is 0 Å². The summed E-state index contributed by atoms with van der Waals surface area (Å²) in [5, 5.41) is 0. The highest BCUT2D eigenvalue weighted by Crippen LogP contribution is 2.24. The molecule has 0 aliphatic heterocycles. The Labute approximate surface area is 116 Å². The molecule has 1 heterocycles. The third kappa shape index (κ3) is 3.04. The molecule has 19 heavy (non-hydrogen) atoms. The van der Waals surface area contributed by atoms with E-state index in [9.17, 15) is 0 Å². The summed E-state index contributed by atoms with van der Waals surface area (Å²) in [4.78, 5) is 0. The van der Waals surface area contributed by atoms with Crippen molar-refractivity contribution in [2.24, 2.45) is 13.0 Å². The summed E-state index contributed by atoms with van der Waals surface area (Å²) >= 11 is 0. The molecule has 0 saturated carbocycles. The van der Waals surface area contributed by atoms with Crippen LogP contribution in [0.5, 0.6) is 0 Å². The van der Waals surface area contributed by atoms with E-state index in [1.54, 1.807) is 0 Å². The average molecular weight is 254 g/mol. The minimum atomic E-state index is 0.708. The molecule has 0 unspecified atom stereocenters. The van der Waals surface area contributed by atoms with Crippen LogP contribution in [0.25, 0.3) is 11.3 Å². The van der Waals surface area contributed by atoms with Crippen LogP contribution in [0.2, 0.25) is 0 Å². The van der Waals surface area contributed by atoms with Crippen molar-refractivity contribution in [2.75, 3.05) is 0 Å². The molecule has 1 nitrogen and oxygen atoms in total. The second kappa shape index (κ2) is 5.56. The topological polar surface area (TPSA) is 3.88 Å². The van der Waals surface area contributed by atoms with E-state index in [1.807, 2.05) is 0 Å². The molecule has 0 spiro atoms. The number of aryl methyl sites for hydroxylation is 3. The molecule has 0 atom stereocenters. The molecule has 1 aromatic heterocycles. The lowest BCUT2D eigenvalue weighted by molar-refractivity contribution is -0.660. The van der Waals surface area contributed by atoms with Crippen LogP contribution in [-0.4, -0.2) is 0 Å². The highest BCUT2D eigenvalue weighted by molar-refractivity contribution is 5.64. The Morgan fingerprint density at radius 2 is 1.79 bits per heavy atom. The summed E-state index contributed by atoms with van der Waals surface area (Å²) in [6.45, 7) is 8.93. The lowest BCUT2D eigenvalue weighted by atomic mass is 9.95. The van der Waals surface area contributed by atoms with E-state index in [1.165, 1.54) is 27.9 Å². The molecule has 0 radical (unpaired) electrons. The molecular weight excluding hydrogens is 230 g/mol. The Kier molecular flexibility index (Phi) is 4.04. The summed E-state index contributed by atoms with van der Waals surface area (Å²) in [7, 11) is 2.11. The van der Waals surface area contributed by atoms with Gasteiger partial charge in [-0.05, 0) is 49.4 Å². The zero-order valence-electron chi connectivity index (χ0n) is 12.7. The van der Waals surface area contributed by atoms with Gasteiger partial charge in [0.1, 0.15) is 7.05 Å². The largest absolute Gasteiger partial charge is 0.215 e. The minimum absolute atomic E-state index is 0.708. The molecule has 0 saturated heterocycles. The zero-order chi connectivity index (χ0) is 14.0. The quantitative estimate of drug-likeness (QED) is 0.729. The van der Waals surface area contributed by atoms with Gasteiger partial charge in [0.25, 0.3) is 0 Å². The maximum Gasteiger partial charge on any atom is 0.215 e. The maximum absolute atomic E-state index is 2.34. The Morgan fingerprint density at radius 3 is 2.37 bits per heavy atom. The third-order valence-corrected chi connectivity index (χ3v) is 3.57. The Morgan fingerprint density at radius 1 is 1.05 bits per heavy atom. The molecule has 0 aliphatic carbocycles. The van der Waals surface area contributed by atoms with E-state index in [0.29, 0.717) is 5.92 Å². The Balaban J connectivity index is 2.47. The molecule has 0 fully saturated rings. The van der Waals surface area contributed by atoms with Crippen LogP contribution >= 0.6 is 0 Å². The summed E-state index contributed by atoms with van der Waals surface area (Å²) in [6, 6.07) is 11.2. The van der Waals surface area contributed by atoms with Crippen molar-refractivity contribution in [3.8, 4) is 11.3 Å². The first kappa shape index (κ1) is 13.8. The monoisotopic (exact) mass is 254 g/mol.